The summed E-state index contributed by atoms with van der Waals surface area (Å²) in [6, 6.07) is 5.75. The van der Waals surface area contributed by atoms with Crippen LogP contribution in [0, 0.1) is 0 Å². The van der Waals surface area contributed by atoms with Gasteiger partial charge in [-0.05, 0) is 11.6 Å². The fraction of sp³-hybridized carbons (Fsp3) is 0.0833. The molecule has 0 unspecified atom stereocenters. The molecule has 0 aliphatic rings. The second-order valence-corrected chi connectivity index (χ2v) is 3.15. The summed E-state index contributed by atoms with van der Waals surface area (Å²) in [5.41, 5.74) is 0.930. The minimum Gasteiger partial charge on any atom is -0.471 e. The molecule has 2 rings (SSSR count). The van der Waals surface area contributed by atoms with Crippen molar-refractivity contribution in [3.8, 4) is 0 Å². The number of carbonyl (C=O) groups excluding carboxylic acids is 1. The monoisotopic (exact) mass is 202 g/mol. The first kappa shape index (κ1) is 9.52. The fourth-order valence-corrected chi connectivity index (χ4v) is 1.32. The Morgan fingerprint density at radius 1 is 1.40 bits per heavy atom. The van der Waals surface area contributed by atoms with E-state index in [-0.39, 0.29) is 6.61 Å². The van der Waals surface area contributed by atoms with Crippen LogP contribution in [-0.4, -0.2) is 5.97 Å². The van der Waals surface area contributed by atoms with Crippen LogP contribution in [0.25, 0.3) is 10.8 Å². The van der Waals surface area contributed by atoms with Crippen LogP contribution in [0.1, 0.15) is 5.56 Å². The van der Waals surface area contributed by atoms with Gasteiger partial charge in [0.1, 0.15) is 6.61 Å². The summed E-state index contributed by atoms with van der Waals surface area (Å²) in [5.74, 6) is -0.415. The summed E-state index contributed by atoms with van der Waals surface area (Å²) in [5, 5.41) is 2.04. The van der Waals surface area contributed by atoms with Crippen LogP contribution in [0.5, 0.6) is 0 Å². The van der Waals surface area contributed by atoms with Crippen LogP contribution in [-0.2, 0) is 16.1 Å². The number of hydrogen-bond acceptors (Lipinski definition) is 3. The van der Waals surface area contributed by atoms with Gasteiger partial charge in [0.25, 0.3) is 0 Å². The van der Waals surface area contributed by atoms with E-state index >= 15 is 0 Å². The molecular weight excluding hydrogens is 192 g/mol. The summed E-state index contributed by atoms with van der Waals surface area (Å²) >= 11 is 0. The van der Waals surface area contributed by atoms with Crippen LogP contribution in [0.4, 0.5) is 0 Å². The average Bonchev–Trinajstić information content (AvgIpc) is 2.72. The lowest BCUT2D eigenvalue weighted by Crippen LogP contribution is -1.99. The van der Waals surface area contributed by atoms with E-state index in [2.05, 4.69) is 6.58 Å². The maximum atomic E-state index is 10.8. The molecule has 0 fully saturated rings. The zero-order valence-corrected chi connectivity index (χ0v) is 8.10. The van der Waals surface area contributed by atoms with E-state index in [1.54, 1.807) is 12.5 Å². The van der Waals surface area contributed by atoms with Crippen molar-refractivity contribution in [2.24, 2.45) is 0 Å². The third kappa shape index (κ3) is 2.07. The Morgan fingerprint density at radius 2 is 2.20 bits per heavy atom. The van der Waals surface area contributed by atoms with Crippen molar-refractivity contribution < 1.29 is 13.9 Å². The highest BCUT2D eigenvalue weighted by atomic mass is 16.5. The van der Waals surface area contributed by atoms with E-state index in [0.29, 0.717) is 0 Å². The van der Waals surface area contributed by atoms with Gasteiger partial charge < -0.3 is 9.15 Å². The third-order valence-electron chi connectivity index (χ3n) is 2.09. The lowest BCUT2D eigenvalue weighted by atomic mass is 10.1. The van der Waals surface area contributed by atoms with Gasteiger partial charge in [0.15, 0.2) is 0 Å². The maximum absolute atomic E-state index is 10.8. The molecule has 0 N–H and O–H groups in total. The number of ether oxygens (including phenoxy) is 1. The highest BCUT2D eigenvalue weighted by Crippen LogP contribution is 2.17. The van der Waals surface area contributed by atoms with Crippen molar-refractivity contribution in [1.82, 2.24) is 0 Å². The minimum atomic E-state index is -0.415. The van der Waals surface area contributed by atoms with Crippen LogP contribution in [0.2, 0.25) is 0 Å². The topological polar surface area (TPSA) is 39.4 Å². The number of carbonyl (C=O) groups is 1. The predicted molar refractivity (Wildman–Crippen MR) is 56.2 cm³/mol. The van der Waals surface area contributed by atoms with Gasteiger partial charge in [-0.1, -0.05) is 18.7 Å². The quantitative estimate of drug-likeness (QED) is 0.567. The zero-order chi connectivity index (χ0) is 10.7. The summed E-state index contributed by atoms with van der Waals surface area (Å²) in [4.78, 5) is 10.8. The van der Waals surface area contributed by atoms with Gasteiger partial charge in [-0.3, -0.25) is 0 Å². The Kier molecular flexibility index (Phi) is 2.54. The van der Waals surface area contributed by atoms with Gasteiger partial charge in [0.05, 0.1) is 12.5 Å². The normalized spacial score (nSPS) is 10.1. The summed E-state index contributed by atoms with van der Waals surface area (Å²) in [7, 11) is 0. The van der Waals surface area contributed by atoms with Gasteiger partial charge in [0.2, 0.25) is 0 Å². The average molecular weight is 202 g/mol. The smallest absolute Gasteiger partial charge is 0.330 e. The van der Waals surface area contributed by atoms with E-state index < -0.39 is 5.97 Å². The number of benzene rings is 1. The molecule has 0 spiro atoms. The number of furan rings is 1. The van der Waals surface area contributed by atoms with E-state index in [1.807, 2.05) is 18.2 Å². The highest BCUT2D eigenvalue weighted by Gasteiger charge is 2.00. The summed E-state index contributed by atoms with van der Waals surface area (Å²) in [6.45, 7) is 3.58. The lowest BCUT2D eigenvalue weighted by Gasteiger charge is -2.01. The van der Waals surface area contributed by atoms with Crippen LogP contribution >= 0.6 is 0 Å². The van der Waals surface area contributed by atoms with Gasteiger partial charge in [-0.25, -0.2) is 4.79 Å². The minimum absolute atomic E-state index is 0.256. The molecule has 0 saturated carbocycles. The predicted octanol–water partition coefficient (Wildman–Crippen LogP) is 2.66. The maximum Gasteiger partial charge on any atom is 0.330 e. The molecule has 0 amide bonds. The van der Waals surface area contributed by atoms with Crippen molar-refractivity contribution in [3.63, 3.8) is 0 Å². The molecule has 1 aromatic carbocycles. The summed E-state index contributed by atoms with van der Waals surface area (Å²) < 4.78 is 9.96. The Hall–Kier alpha value is -2.03. The molecule has 0 aliphatic heterocycles. The number of rotatable bonds is 3. The summed E-state index contributed by atoms with van der Waals surface area (Å²) in [6.07, 6.45) is 4.49. The van der Waals surface area contributed by atoms with Crippen LogP contribution in [0.15, 0.2) is 47.8 Å². The first-order valence-corrected chi connectivity index (χ1v) is 4.53. The fourth-order valence-electron chi connectivity index (χ4n) is 1.32. The van der Waals surface area contributed by atoms with E-state index in [4.69, 9.17) is 9.15 Å². The second-order valence-electron chi connectivity index (χ2n) is 3.15. The number of esters is 1. The molecule has 15 heavy (non-hydrogen) atoms. The van der Waals surface area contributed by atoms with Crippen molar-refractivity contribution in [2.75, 3.05) is 0 Å². The second kappa shape index (κ2) is 4.00. The molecule has 1 heterocycles. The molecule has 0 radical (unpaired) electrons. The Morgan fingerprint density at radius 3 is 3.00 bits per heavy atom. The zero-order valence-electron chi connectivity index (χ0n) is 8.10. The van der Waals surface area contributed by atoms with Crippen LogP contribution < -0.4 is 0 Å². The van der Waals surface area contributed by atoms with Gasteiger partial charge in [-0.2, -0.15) is 0 Å². The molecule has 0 bridgehead atoms. The molecule has 3 nitrogen and oxygen atoms in total. The molecule has 76 valence electrons. The molecular formula is C12H10O3. The van der Waals surface area contributed by atoms with Gasteiger partial charge in [-0.15, -0.1) is 0 Å². The van der Waals surface area contributed by atoms with Crippen molar-refractivity contribution in [2.45, 2.75) is 6.61 Å². The van der Waals surface area contributed by atoms with Crippen molar-refractivity contribution >= 4 is 16.7 Å². The largest absolute Gasteiger partial charge is 0.471 e. The molecule has 0 atom stereocenters. The SMILES string of the molecule is C=CC(=O)OCc1ccc2cocc2c1. The highest BCUT2D eigenvalue weighted by molar-refractivity contribution is 5.82. The standard InChI is InChI=1S/C12H10O3/c1-2-12(13)15-6-9-3-4-10-7-14-8-11(10)5-9/h2-5,7-8H,1,6H2. The molecule has 2 aromatic rings. The first-order valence-electron chi connectivity index (χ1n) is 4.53. The van der Waals surface area contributed by atoms with Crippen LogP contribution in [0.3, 0.4) is 0 Å². The molecule has 3 heteroatoms. The Labute approximate surface area is 87.0 Å². The molecule has 0 saturated heterocycles. The van der Waals surface area contributed by atoms with Crippen molar-refractivity contribution in [1.29, 1.82) is 0 Å². The molecule has 1 aromatic heterocycles. The Balaban J connectivity index is 2.14. The third-order valence-corrected chi connectivity index (χ3v) is 2.09. The van der Waals surface area contributed by atoms with E-state index in [1.165, 1.54) is 0 Å². The van der Waals surface area contributed by atoms with E-state index in [0.717, 1.165) is 22.4 Å². The number of hydrogen-bond donors (Lipinski definition) is 0. The Bertz CT molecular complexity index is 496. The number of fused-ring (bicyclic) bond motifs is 1. The molecule has 0 aliphatic carbocycles. The lowest BCUT2D eigenvalue weighted by molar-refractivity contribution is -0.138. The first-order chi connectivity index (χ1) is 7.29. The van der Waals surface area contributed by atoms with Gasteiger partial charge in [0, 0.05) is 16.8 Å². The van der Waals surface area contributed by atoms with E-state index in [9.17, 15) is 4.79 Å². The van der Waals surface area contributed by atoms with Gasteiger partial charge >= 0.3 is 5.97 Å². The van der Waals surface area contributed by atoms with Crippen molar-refractivity contribution in [3.05, 3.63) is 48.9 Å².